The lowest BCUT2D eigenvalue weighted by Crippen LogP contribution is -2.51. The standard InChI is InChI=1S/C21H30F2N4O4/c1-13(2)11-27(14-3-4-14)17(10-24)20(29)25-16-6-5-15(9-18(16)31-21(22)23)26-7-8-30-12-19(26)28/h5-6,9,13-14,17,21H,3-4,7-8,10-12,24H2,1-2H3,(H,25,29)/t17-/m0/s1. The number of halogens is 2. The van der Waals surface area contributed by atoms with Gasteiger partial charge >= 0.3 is 6.61 Å². The maximum atomic E-state index is 13.0. The Morgan fingerprint density at radius 2 is 2.13 bits per heavy atom. The fraction of sp³-hybridized carbons (Fsp3) is 0.619. The first-order valence-corrected chi connectivity index (χ1v) is 10.5. The van der Waals surface area contributed by atoms with Crippen LogP contribution in [0, 0.1) is 5.92 Å². The quantitative estimate of drug-likeness (QED) is 0.578. The predicted molar refractivity (Wildman–Crippen MR) is 112 cm³/mol. The molecule has 1 aliphatic carbocycles. The van der Waals surface area contributed by atoms with E-state index in [1.165, 1.54) is 17.0 Å². The van der Waals surface area contributed by atoms with Crippen molar-refractivity contribution in [2.45, 2.75) is 45.4 Å². The van der Waals surface area contributed by atoms with Crippen LogP contribution in [0.4, 0.5) is 20.2 Å². The Bertz CT molecular complexity index is 789. The Labute approximate surface area is 180 Å². The van der Waals surface area contributed by atoms with Crippen molar-refractivity contribution in [1.29, 1.82) is 0 Å². The van der Waals surface area contributed by atoms with Crippen molar-refractivity contribution in [1.82, 2.24) is 4.90 Å². The average Bonchev–Trinajstić information content (AvgIpc) is 3.54. The largest absolute Gasteiger partial charge is 0.433 e. The van der Waals surface area contributed by atoms with Gasteiger partial charge in [-0.05, 0) is 30.9 Å². The van der Waals surface area contributed by atoms with E-state index in [4.69, 9.17) is 10.5 Å². The summed E-state index contributed by atoms with van der Waals surface area (Å²) < 4.78 is 35.8. The molecule has 0 unspecified atom stereocenters. The Morgan fingerprint density at radius 1 is 1.39 bits per heavy atom. The third-order valence-electron chi connectivity index (χ3n) is 5.25. The first kappa shape index (κ1) is 23.4. The second-order valence-corrected chi connectivity index (χ2v) is 8.22. The number of hydrogen-bond donors (Lipinski definition) is 2. The lowest BCUT2D eigenvalue weighted by molar-refractivity contribution is -0.125. The summed E-state index contributed by atoms with van der Waals surface area (Å²) in [5.74, 6) is -0.504. The molecule has 0 radical (unpaired) electrons. The Kier molecular flexibility index (Phi) is 7.79. The van der Waals surface area contributed by atoms with Crippen LogP contribution >= 0.6 is 0 Å². The Balaban J connectivity index is 1.81. The van der Waals surface area contributed by atoms with E-state index in [1.807, 2.05) is 0 Å². The highest BCUT2D eigenvalue weighted by Crippen LogP contribution is 2.33. The molecule has 1 saturated heterocycles. The molecule has 10 heteroatoms. The van der Waals surface area contributed by atoms with Gasteiger partial charge in [0.2, 0.25) is 5.91 Å². The molecule has 2 aliphatic rings. The zero-order chi connectivity index (χ0) is 22.5. The number of morpholine rings is 1. The van der Waals surface area contributed by atoms with Gasteiger partial charge in [-0.1, -0.05) is 13.8 Å². The monoisotopic (exact) mass is 440 g/mol. The molecule has 1 atom stereocenters. The first-order chi connectivity index (χ1) is 14.8. The lowest BCUT2D eigenvalue weighted by Gasteiger charge is -2.31. The molecule has 2 amide bonds. The molecule has 0 spiro atoms. The molecule has 2 fully saturated rings. The van der Waals surface area contributed by atoms with Gasteiger partial charge in [-0.15, -0.1) is 0 Å². The van der Waals surface area contributed by atoms with Crippen molar-refractivity contribution >= 4 is 23.2 Å². The van der Waals surface area contributed by atoms with E-state index in [0.717, 1.165) is 19.4 Å². The maximum absolute atomic E-state index is 13.0. The van der Waals surface area contributed by atoms with Gasteiger partial charge in [-0.3, -0.25) is 14.5 Å². The summed E-state index contributed by atoms with van der Waals surface area (Å²) in [6, 6.07) is 4.12. The predicted octanol–water partition coefficient (Wildman–Crippen LogP) is 2.04. The number of amides is 2. The number of nitrogens with zero attached hydrogens (tertiary/aromatic N) is 2. The van der Waals surface area contributed by atoms with Gasteiger partial charge in [-0.2, -0.15) is 8.78 Å². The number of rotatable bonds is 10. The molecule has 8 nitrogen and oxygen atoms in total. The van der Waals surface area contributed by atoms with E-state index in [0.29, 0.717) is 30.8 Å². The summed E-state index contributed by atoms with van der Waals surface area (Å²) in [5.41, 5.74) is 6.42. The van der Waals surface area contributed by atoms with Crippen LogP contribution in [0.25, 0.3) is 0 Å². The molecule has 1 aromatic carbocycles. The minimum Gasteiger partial charge on any atom is -0.433 e. The minimum absolute atomic E-state index is 0.0748. The van der Waals surface area contributed by atoms with E-state index < -0.39 is 12.7 Å². The highest BCUT2D eigenvalue weighted by Gasteiger charge is 2.37. The van der Waals surface area contributed by atoms with Gasteiger partial charge in [0, 0.05) is 37.4 Å². The van der Waals surface area contributed by atoms with Crippen molar-refractivity contribution < 1.29 is 27.8 Å². The molecular formula is C21H30F2N4O4. The summed E-state index contributed by atoms with van der Waals surface area (Å²) in [4.78, 5) is 28.6. The van der Waals surface area contributed by atoms with Crippen molar-refractivity contribution in [3.63, 3.8) is 0 Å². The van der Waals surface area contributed by atoms with Crippen LogP contribution in [0.5, 0.6) is 5.75 Å². The van der Waals surface area contributed by atoms with Crippen LogP contribution in [0.15, 0.2) is 18.2 Å². The molecule has 172 valence electrons. The number of carbonyl (C=O) groups excluding carboxylic acids is 2. The van der Waals surface area contributed by atoms with E-state index in [2.05, 4.69) is 28.8 Å². The Hall–Kier alpha value is -2.30. The number of carbonyl (C=O) groups is 2. The van der Waals surface area contributed by atoms with Gasteiger partial charge < -0.3 is 25.4 Å². The van der Waals surface area contributed by atoms with E-state index in [-0.39, 0.29) is 36.4 Å². The van der Waals surface area contributed by atoms with Crippen LogP contribution in [-0.4, -0.2) is 68.3 Å². The number of alkyl halides is 2. The molecule has 1 heterocycles. The molecule has 1 aromatic rings. The highest BCUT2D eigenvalue weighted by molar-refractivity contribution is 5.98. The smallest absolute Gasteiger partial charge is 0.387 e. The fourth-order valence-corrected chi connectivity index (χ4v) is 3.73. The number of benzene rings is 1. The molecule has 1 aliphatic heterocycles. The van der Waals surface area contributed by atoms with E-state index in [1.54, 1.807) is 6.07 Å². The summed E-state index contributed by atoms with van der Waals surface area (Å²) in [6.45, 7) is 2.47. The number of nitrogens with two attached hydrogens (primary N) is 1. The second-order valence-electron chi connectivity index (χ2n) is 8.22. The zero-order valence-corrected chi connectivity index (χ0v) is 17.9. The molecule has 3 rings (SSSR count). The van der Waals surface area contributed by atoms with Crippen LogP contribution in [-0.2, 0) is 14.3 Å². The van der Waals surface area contributed by atoms with Gasteiger partial charge in [0.25, 0.3) is 5.91 Å². The van der Waals surface area contributed by atoms with Crippen LogP contribution < -0.4 is 20.7 Å². The minimum atomic E-state index is -3.08. The van der Waals surface area contributed by atoms with E-state index in [9.17, 15) is 18.4 Å². The average molecular weight is 440 g/mol. The van der Waals surface area contributed by atoms with Crippen LogP contribution in [0.3, 0.4) is 0 Å². The highest BCUT2D eigenvalue weighted by atomic mass is 19.3. The number of nitrogens with one attached hydrogen (secondary N) is 1. The van der Waals surface area contributed by atoms with Gasteiger partial charge in [0.15, 0.2) is 5.75 Å². The van der Waals surface area contributed by atoms with Gasteiger partial charge in [0.1, 0.15) is 12.6 Å². The second kappa shape index (κ2) is 10.3. The number of hydrogen-bond acceptors (Lipinski definition) is 6. The van der Waals surface area contributed by atoms with Crippen LogP contribution in [0.1, 0.15) is 26.7 Å². The van der Waals surface area contributed by atoms with Gasteiger partial charge in [0.05, 0.1) is 12.3 Å². The fourth-order valence-electron chi connectivity index (χ4n) is 3.73. The van der Waals surface area contributed by atoms with Crippen LogP contribution in [0.2, 0.25) is 0 Å². The summed E-state index contributed by atoms with van der Waals surface area (Å²) >= 11 is 0. The van der Waals surface area contributed by atoms with Crippen molar-refractivity contribution in [2.24, 2.45) is 11.7 Å². The lowest BCUT2D eigenvalue weighted by atomic mass is 10.1. The zero-order valence-electron chi connectivity index (χ0n) is 17.9. The number of ether oxygens (including phenoxy) is 2. The molecule has 0 bridgehead atoms. The SMILES string of the molecule is CC(C)CN(C1CC1)[C@@H](CN)C(=O)Nc1ccc(N2CCOCC2=O)cc1OC(F)F. The maximum Gasteiger partial charge on any atom is 0.387 e. The molecule has 3 N–H and O–H groups in total. The number of anilines is 2. The third-order valence-corrected chi connectivity index (χ3v) is 5.25. The normalized spacial score (nSPS) is 18.1. The van der Waals surface area contributed by atoms with E-state index >= 15 is 0 Å². The first-order valence-electron chi connectivity index (χ1n) is 10.5. The van der Waals surface area contributed by atoms with Crippen molar-refractivity contribution in [2.75, 3.05) is 43.1 Å². The summed E-state index contributed by atoms with van der Waals surface area (Å²) in [5, 5.41) is 2.70. The summed E-state index contributed by atoms with van der Waals surface area (Å²) in [6.07, 6.45) is 2.02. The molecule has 1 saturated carbocycles. The molecule has 31 heavy (non-hydrogen) atoms. The van der Waals surface area contributed by atoms with Crippen molar-refractivity contribution in [3.05, 3.63) is 18.2 Å². The Morgan fingerprint density at radius 3 is 2.71 bits per heavy atom. The summed E-state index contributed by atoms with van der Waals surface area (Å²) in [7, 11) is 0. The van der Waals surface area contributed by atoms with Crippen molar-refractivity contribution in [3.8, 4) is 5.75 Å². The third kappa shape index (κ3) is 6.11. The molecular weight excluding hydrogens is 410 g/mol. The molecule has 0 aromatic heterocycles. The topological polar surface area (TPSA) is 97.1 Å². The van der Waals surface area contributed by atoms with Gasteiger partial charge in [-0.25, -0.2) is 0 Å².